The Labute approximate surface area is 152 Å². The van der Waals surface area contributed by atoms with Gasteiger partial charge < -0.3 is 9.64 Å². The van der Waals surface area contributed by atoms with E-state index in [2.05, 4.69) is 0 Å². The maximum atomic E-state index is 13.0. The maximum Gasteiger partial charge on any atom is 0.254 e. The van der Waals surface area contributed by atoms with Crippen molar-refractivity contribution in [2.75, 3.05) is 37.5 Å². The van der Waals surface area contributed by atoms with E-state index in [1.54, 1.807) is 18.2 Å². The molecule has 0 aliphatic carbocycles. The van der Waals surface area contributed by atoms with Crippen LogP contribution < -0.4 is 4.74 Å². The van der Waals surface area contributed by atoms with Crippen LogP contribution >= 0.6 is 0 Å². The molecule has 3 heterocycles. The molecule has 3 aliphatic rings. The second-order valence-corrected chi connectivity index (χ2v) is 11.1. The van der Waals surface area contributed by atoms with E-state index >= 15 is 0 Å². The van der Waals surface area contributed by atoms with Crippen LogP contribution in [0.3, 0.4) is 0 Å². The fourth-order valence-corrected chi connectivity index (χ4v) is 7.27. The number of hydrogen-bond donors (Lipinski definition) is 0. The number of nitrogens with zero attached hydrogens (tertiary/aromatic N) is 2. The fourth-order valence-electron chi connectivity index (χ4n) is 4.07. The number of sulfone groups is 1. The Hall–Kier alpha value is -1.65. The van der Waals surface area contributed by atoms with E-state index in [0.29, 0.717) is 12.2 Å². The lowest BCUT2D eigenvalue weighted by atomic mass is 10.0. The molecular formula is C16H20N2O6S2. The first kappa shape index (κ1) is 17.7. The summed E-state index contributed by atoms with van der Waals surface area (Å²) in [7, 11) is -6.94. The van der Waals surface area contributed by atoms with Crippen molar-refractivity contribution in [3.63, 3.8) is 0 Å². The van der Waals surface area contributed by atoms with E-state index in [4.69, 9.17) is 4.74 Å². The summed E-state index contributed by atoms with van der Waals surface area (Å²) in [6.45, 7) is 0.869. The Morgan fingerprint density at radius 2 is 1.92 bits per heavy atom. The van der Waals surface area contributed by atoms with Crippen molar-refractivity contribution in [2.45, 2.75) is 18.5 Å². The zero-order chi connectivity index (χ0) is 18.7. The highest BCUT2D eigenvalue weighted by atomic mass is 32.2. The molecule has 26 heavy (non-hydrogen) atoms. The smallest absolute Gasteiger partial charge is 0.254 e. The second kappa shape index (κ2) is 5.93. The van der Waals surface area contributed by atoms with Gasteiger partial charge >= 0.3 is 0 Å². The normalized spacial score (nSPS) is 27.7. The molecule has 2 fully saturated rings. The summed E-state index contributed by atoms with van der Waals surface area (Å²) in [6, 6.07) is 3.84. The number of ether oxygens (including phenoxy) is 1. The van der Waals surface area contributed by atoms with Gasteiger partial charge in [-0.25, -0.2) is 16.8 Å². The molecule has 3 aliphatic heterocycles. The van der Waals surface area contributed by atoms with Gasteiger partial charge in [-0.2, -0.15) is 4.31 Å². The molecule has 4 rings (SSSR count). The van der Waals surface area contributed by atoms with Crippen molar-refractivity contribution < 1.29 is 26.4 Å². The molecule has 0 saturated carbocycles. The largest absolute Gasteiger partial charge is 0.493 e. The number of fused-ring (bicyclic) bond motifs is 2. The molecule has 142 valence electrons. The standard InChI is InChI=1S/C16H20N2O6S2/c1-25(20,21)18-6-5-17(13-9-26(22,23)10-14(13)18)16(19)12-2-3-15-11(8-12)4-7-24-15/h2-3,8,13-14H,4-7,9-10H2,1H3/t13-,14+/m1/s1. The molecule has 0 N–H and O–H groups in total. The Balaban J connectivity index is 1.66. The van der Waals surface area contributed by atoms with Gasteiger partial charge in [0.15, 0.2) is 9.84 Å². The van der Waals surface area contributed by atoms with Gasteiger partial charge in [0.25, 0.3) is 5.91 Å². The first-order valence-corrected chi connectivity index (χ1v) is 12.1. The minimum Gasteiger partial charge on any atom is -0.493 e. The molecule has 2 atom stereocenters. The van der Waals surface area contributed by atoms with Gasteiger partial charge in [-0.3, -0.25) is 4.79 Å². The van der Waals surface area contributed by atoms with E-state index in [9.17, 15) is 21.6 Å². The number of benzene rings is 1. The Morgan fingerprint density at radius 3 is 2.65 bits per heavy atom. The average Bonchev–Trinajstić information content (AvgIpc) is 3.13. The summed E-state index contributed by atoms with van der Waals surface area (Å²) in [6.07, 6.45) is 1.81. The molecule has 0 aromatic heterocycles. The van der Waals surface area contributed by atoms with Gasteiger partial charge in [0.05, 0.1) is 36.5 Å². The van der Waals surface area contributed by atoms with Crippen LogP contribution in [0, 0.1) is 0 Å². The highest BCUT2D eigenvalue weighted by Gasteiger charge is 2.50. The predicted molar refractivity (Wildman–Crippen MR) is 94.5 cm³/mol. The van der Waals surface area contributed by atoms with Gasteiger partial charge in [-0.15, -0.1) is 0 Å². The molecule has 0 unspecified atom stereocenters. The summed E-state index contributed by atoms with van der Waals surface area (Å²) >= 11 is 0. The van der Waals surface area contributed by atoms with Crippen molar-refractivity contribution >= 4 is 25.8 Å². The van der Waals surface area contributed by atoms with Gasteiger partial charge in [0.2, 0.25) is 10.0 Å². The van der Waals surface area contributed by atoms with Crippen LogP contribution in [0.1, 0.15) is 15.9 Å². The minimum absolute atomic E-state index is 0.106. The molecule has 10 heteroatoms. The fraction of sp³-hybridized carbons (Fsp3) is 0.562. The van der Waals surface area contributed by atoms with Gasteiger partial charge in [0.1, 0.15) is 5.75 Å². The topological polar surface area (TPSA) is 101 Å². The molecule has 2 saturated heterocycles. The molecule has 1 aromatic carbocycles. The highest BCUT2D eigenvalue weighted by molar-refractivity contribution is 7.92. The van der Waals surface area contributed by atoms with Crippen LogP contribution in [0.2, 0.25) is 0 Å². The Kier molecular flexibility index (Phi) is 4.05. The van der Waals surface area contributed by atoms with Crippen LogP contribution in [0.5, 0.6) is 5.75 Å². The third-order valence-corrected chi connectivity index (χ3v) is 8.25. The van der Waals surface area contributed by atoms with Crippen molar-refractivity contribution in [1.82, 2.24) is 9.21 Å². The predicted octanol–water partition coefficient (Wildman–Crippen LogP) is -0.495. The third-order valence-electron chi connectivity index (χ3n) is 5.25. The van der Waals surface area contributed by atoms with Gasteiger partial charge in [-0.05, 0) is 23.8 Å². The molecule has 1 amide bonds. The number of carbonyl (C=O) groups is 1. The van der Waals surface area contributed by atoms with Crippen molar-refractivity contribution in [1.29, 1.82) is 0 Å². The molecule has 8 nitrogen and oxygen atoms in total. The average molecular weight is 400 g/mol. The SMILES string of the molecule is CS(=O)(=O)N1CCN(C(=O)c2ccc3c(c2)CCO3)[C@@H]2CS(=O)(=O)C[C@@H]21. The quantitative estimate of drug-likeness (QED) is 0.664. The van der Waals surface area contributed by atoms with Crippen LogP contribution in [0.4, 0.5) is 0 Å². The maximum absolute atomic E-state index is 13.0. The summed E-state index contributed by atoms with van der Waals surface area (Å²) in [5.41, 5.74) is 1.44. The van der Waals surface area contributed by atoms with Crippen LogP contribution in [0.15, 0.2) is 18.2 Å². The lowest BCUT2D eigenvalue weighted by Crippen LogP contribution is -2.61. The molecule has 0 radical (unpaired) electrons. The second-order valence-electron chi connectivity index (χ2n) is 7.00. The van der Waals surface area contributed by atoms with Gasteiger partial charge in [0, 0.05) is 25.1 Å². The van der Waals surface area contributed by atoms with E-state index in [0.717, 1.165) is 24.0 Å². The highest BCUT2D eigenvalue weighted by Crippen LogP contribution is 2.31. The van der Waals surface area contributed by atoms with Crippen LogP contribution in [-0.2, 0) is 26.3 Å². The molecule has 0 bridgehead atoms. The zero-order valence-electron chi connectivity index (χ0n) is 14.3. The lowest BCUT2D eigenvalue weighted by Gasteiger charge is -2.42. The van der Waals surface area contributed by atoms with Crippen molar-refractivity contribution in [2.24, 2.45) is 0 Å². The zero-order valence-corrected chi connectivity index (χ0v) is 15.9. The summed E-state index contributed by atoms with van der Waals surface area (Å²) in [4.78, 5) is 14.6. The lowest BCUT2D eigenvalue weighted by molar-refractivity contribution is 0.0516. The van der Waals surface area contributed by atoms with Gasteiger partial charge in [-0.1, -0.05) is 0 Å². The number of carbonyl (C=O) groups excluding carboxylic acids is 1. The van der Waals surface area contributed by atoms with E-state index < -0.39 is 31.9 Å². The third kappa shape index (κ3) is 2.99. The summed E-state index contributed by atoms with van der Waals surface area (Å²) in [5.74, 6) is 0.0560. The first-order valence-electron chi connectivity index (χ1n) is 8.40. The minimum atomic E-state index is -3.54. The first-order chi connectivity index (χ1) is 12.2. The molecule has 1 aromatic rings. The monoisotopic (exact) mass is 400 g/mol. The van der Waals surface area contributed by atoms with Crippen molar-refractivity contribution in [3.8, 4) is 5.75 Å². The molecule has 0 spiro atoms. The molecular weight excluding hydrogens is 380 g/mol. The Morgan fingerprint density at radius 1 is 1.19 bits per heavy atom. The van der Waals surface area contributed by atoms with E-state index in [1.807, 2.05) is 0 Å². The summed E-state index contributed by atoms with van der Waals surface area (Å²) in [5, 5.41) is 0. The number of amides is 1. The number of sulfonamides is 1. The van der Waals surface area contributed by atoms with Crippen LogP contribution in [0.25, 0.3) is 0 Å². The van der Waals surface area contributed by atoms with E-state index in [1.165, 1.54) is 9.21 Å². The number of piperazine rings is 1. The Bertz CT molecular complexity index is 972. The van der Waals surface area contributed by atoms with Crippen LogP contribution in [-0.4, -0.2) is 81.5 Å². The van der Waals surface area contributed by atoms with E-state index in [-0.39, 0.29) is 30.5 Å². The van der Waals surface area contributed by atoms with Crippen molar-refractivity contribution in [3.05, 3.63) is 29.3 Å². The number of hydrogen-bond acceptors (Lipinski definition) is 6. The number of rotatable bonds is 2. The summed E-state index contributed by atoms with van der Waals surface area (Å²) < 4.78 is 55.0.